The zero-order valence-electron chi connectivity index (χ0n) is 19.5. The monoisotopic (exact) mass is 453 g/mol. The van der Waals surface area contributed by atoms with Crippen LogP contribution in [0.3, 0.4) is 0 Å². The summed E-state index contributed by atoms with van der Waals surface area (Å²) in [7, 11) is 1.63. The topological polar surface area (TPSA) is 83.9 Å². The van der Waals surface area contributed by atoms with E-state index in [9.17, 15) is 9.90 Å². The Morgan fingerprint density at radius 2 is 2.15 bits per heavy atom. The molecule has 178 valence electrons. The summed E-state index contributed by atoms with van der Waals surface area (Å²) in [5, 5.41) is 13.4. The summed E-state index contributed by atoms with van der Waals surface area (Å²) in [6.45, 7) is 3.46. The molecule has 2 aromatic rings. The van der Waals surface area contributed by atoms with E-state index in [1.54, 1.807) is 7.11 Å². The summed E-state index contributed by atoms with van der Waals surface area (Å²) in [5.74, 6) is 0.229. The van der Waals surface area contributed by atoms with Crippen LogP contribution in [0.1, 0.15) is 54.1 Å². The van der Waals surface area contributed by atoms with Crippen LogP contribution in [-0.2, 0) is 33.7 Å². The van der Waals surface area contributed by atoms with Crippen LogP contribution in [-0.4, -0.2) is 60.4 Å². The van der Waals surface area contributed by atoms with Crippen molar-refractivity contribution in [2.75, 3.05) is 38.7 Å². The molecule has 0 amide bonds. The van der Waals surface area contributed by atoms with Crippen molar-refractivity contribution in [1.82, 2.24) is 9.88 Å². The number of benzene rings is 1. The molecule has 7 heteroatoms. The number of aliphatic carboxylic acids is 1. The number of hydrogen-bond acceptors (Lipinski definition) is 6. The van der Waals surface area contributed by atoms with Crippen molar-refractivity contribution < 1.29 is 19.4 Å². The van der Waals surface area contributed by atoms with E-state index >= 15 is 0 Å². The molecule has 7 nitrogen and oxygen atoms in total. The molecule has 2 atom stereocenters. The number of nitrogens with one attached hydrogen (secondary N) is 1. The summed E-state index contributed by atoms with van der Waals surface area (Å²) in [6, 6.07) is 11.3. The molecule has 1 aromatic carbocycles. The number of rotatable bonds is 11. The molecule has 3 heterocycles. The summed E-state index contributed by atoms with van der Waals surface area (Å²) in [6.07, 6.45) is 6.18. The molecule has 2 aliphatic heterocycles. The third-order valence-corrected chi connectivity index (χ3v) is 6.56. The lowest BCUT2D eigenvalue weighted by Crippen LogP contribution is -2.34. The molecule has 1 fully saturated rings. The first-order chi connectivity index (χ1) is 16.2. The molecule has 0 spiro atoms. The van der Waals surface area contributed by atoms with Gasteiger partial charge in [-0.3, -0.25) is 9.69 Å². The zero-order chi connectivity index (χ0) is 23.0. The molecule has 33 heavy (non-hydrogen) atoms. The number of carbonyl (C=O) groups is 1. The number of carboxylic acid groups (broad SMARTS) is 1. The average Bonchev–Trinajstić information content (AvgIpc) is 3.28. The lowest BCUT2D eigenvalue weighted by atomic mass is 9.99. The first-order valence-corrected chi connectivity index (χ1v) is 12.0. The van der Waals surface area contributed by atoms with Gasteiger partial charge in [0.15, 0.2) is 0 Å². The molecule has 1 saturated heterocycles. The molecular weight excluding hydrogens is 418 g/mol. The number of likely N-dealkylation sites (tertiary alicyclic amines) is 1. The van der Waals surface area contributed by atoms with Gasteiger partial charge in [-0.05, 0) is 61.3 Å². The Morgan fingerprint density at radius 3 is 3.00 bits per heavy atom. The Bertz CT molecular complexity index is 936. The summed E-state index contributed by atoms with van der Waals surface area (Å²) in [5.41, 5.74) is 4.18. The molecule has 4 rings (SSSR count). The maximum Gasteiger partial charge on any atom is 0.325 e. The zero-order valence-corrected chi connectivity index (χ0v) is 19.5. The molecule has 2 N–H and O–H groups in total. The molecular formula is C26H35N3O4. The average molecular weight is 454 g/mol. The van der Waals surface area contributed by atoms with Gasteiger partial charge >= 0.3 is 5.97 Å². The number of pyridine rings is 1. The van der Waals surface area contributed by atoms with E-state index in [-0.39, 0.29) is 6.10 Å². The number of carboxylic acids is 1. The van der Waals surface area contributed by atoms with E-state index < -0.39 is 12.0 Å². The molecule has 0 unspecified atom stereocenters. The number of aryl methyl sites for hydroxylation is 2. The minimum atomic E-state index is -0.828. The Kier molecular flexibility index (Phi) is 8.31. The van der Waals surface area contributed by atoms with E-state index in [0.717, 1.165) is 67.8 Å². The van der Waals surface area contributed by atoms with E-state index in [4.69, 9.17) is 14.5 Å². The van der Waals surface area contributed by atoms with Crippen molar-refractivity contribution in [1.29, 1.82) is 0 Å². The smallest absolute Gasteiger partial charge is 0.325 e. The van der Waals surface area contributed by atoms with Crippen LogP contribution < -0.4 is 5.32 Å². The largest absolute Gasteiger partial charge is 0.480 e. The fourth-order valence-electron chi connectivity index (χ4n) is 4.86. The van der Waals surface area contributed by atoms with Gasteiger partial charge in [0.05, 0.1) is 12.7 Å². The van der Waals surface area contributed by atoms with Crippen LogP contribution in [0.25, 0.3) is 0 Å². The van der Waals surface area contributed by atoms with Crippen molar-refractivity contribution >= 4 is 11.8 Å². The minimum Gasteiger partial charge on any atom is -0.480 e. The fraction of sp³-hybridized carbons (Fsp3) is 0.538. The molecule has 1 aromatic heterocycles. The summed E-state index contributed by atoms with van der Waals surface area (Å²) < 4.78 is 11.4. The standard InChI is InChI=1S/C26H35N3O4/c1-32-18-20-7-2-3-10-23(20)24(26(30)31)29-15-13-22(17-29)33-16-5-4-9-21-12-11-19-8-6-14-27-25(19)28-21/h2-3,7,10-12,22,24H,4-6,8-9,13-18H2,1H3,(H,27,28)(H,30,31)/t22-,24+/m1/s1. The fourth-order valence-corrected chi connectivity index (χ4v) is 4.86. The van der Waals surface area contributed by atoms with Gasteiger partial charge in [-0.25, -0.2) is 4.98 Å². The third-order valence-electron chi connectivity index (χ3n) is 6.56. The van der Waals surface area contributed by atoms with Crippen LogP contribution in [0.4, 0.5) is 5.82 Å². The summed E-state index contributed by atoms with van der Waals surface area (Å²) in [4.78, 5) is 18.9. The second-order valence-corrected chi connectivity index (χ2v) is 8.95. The van der Waals surface area contributed by atoms with E-state index in [0.29, 0.717) is 19.8 Å². The van der Waals surface area contributed by atoms with Crippen molar-refractivity contribution in [3.8, 4) is 0 Å². The second kappa shape index (κ2) is 11.6. The lowest BCUT2D eigenvalue weighted by Gasteiger charge is -2.26. The van der Waals surface area contributed by atoms with E-state index in [2.05, 4.69) is 17.4 Å². The van der Waals surface area contributed by atoms with Gasteiger partial charge in [-0.2, -0.15) is 0 Å². The maximum absolute atomic E-state index is 12.1. The molecule has 0 bridgehead atoms. The van der Waals surface area contributed by atoms with Crippen molar-refractivity contribution in [3.63, 3.8) is 0 Å². The highest BCUT2D eigenvalue weighted by atomic mass is 16.5. The number of nitrogens with zero attached hydrogens (tertiary/aromatic N) is 2. The predicted octanol–water partition coefficient (Wildman–Crippen LogP) is 3.83. The van der Waals surface area contributed by atoms with Gasteiger partial charge < -0.3 is 19.9 Å². The highest BCUT2D eigenvalue weighted by Gasteiger charge is 2.35. The quantitative estimate of drug-likeness (QED) is 0.500. The number of anilines is 1. The highest BCUT2D eigenvalue weighted by molar-refractivity contribution is 5.76. The molecule has 0 saturated carbocycles. The first-order valence-electron chi connectivity index (χ1n) is 12.0. The van der Waals surface area contributed by atoms with Crippen molar-refractivity contribution in [2.24, 2.45) is 0 Å². The van der Waals surface area contributed by atoms with Crippen molar-refractivity contribution in [3.05, 3.63) is 58.8 Å². The van der Waals surface area contributed by atoms with Gasteiger partial charge in [-0.15, -0.1) is 0 Å². The number of hydrogen-bond donors (Lipinski definition) is 2. The lowest BCUT2D eigenvalue weighted by molar-refractivity contribution is -0.143. The van der Waals surface area contributed by atoms with Crippen LogP contribution in [0.15, 0.2) is 36.4 Å². The van der Waals surface area contributed by atoms with Crippen molar-refractivity contribution in [2.45, 2.75) is 57.3 Å². The number of fused-ring (bicyclic) bond motifs is 1. The summed E-state index contributed by atoms with van der Waals surface area (Å²) >= 11 is 0. The van der Waals surface area contributed by atoms with E-state index in [1.165, 1.54) is 12.0 Å². The second-order valence-electron chi connectivity index (χ2n) is 8.95. The molecule has 0 aliphatic carbocycles. The van der Waals surface area contributed by atoms with Gasteiger partial charge in [-0.1, -0.05) is 30.3 Å². The number of ether oxygens (including phenoxy) is 2. The normalized spacial score (nSPS) is 19.1. The van der Waals surface area contributed by atoms with Gasteiger partial charge in [0.1, 0.15) is 11.9 Å². The first kappa shape index (κ1) is 23.7. The predicted molar refractivity (Wildman–Crippen MR) is 127 cm³/mol. The SMILES string of the molecule is COCc1ccccc1[C@@H](C(=O)O)N1CC[C@@H](OCCCCc2ccc3c(n2)NCCC3)C1. The number of aromatic nitrogens is 1. The number of unbranched alkanes of at least 4 members (excludes halogenated alkanes) is 1. The minimum absolute atomic E-state index is 0.0764. The van der Waals surface area contributed by atoms with Gasteiger partial charge in [0, 0.05) is 39.0 Å². The van der Waals surface area contributed by atoms with Gasteiger partial charge in [0.25, 0.3) is 0 Å². The Hall–Kier alpha value is -2.48. The molecule has 0 radical (unpaired) electrons. The Morgan fingerprint density at radius 1 is 1.27 bits per heavy atom. The van der Waals surface area contributed by atoms with Crippen LogP contribution in [0.2, 0.25) is 0 Å². The maximum atomic E-state index is 12.1. The number of methoxy groups -OCH3 is 1. The Balaban J connectivity index is 1.23. The van der Waals surface area contributed by atoms with E-state index in [1.807, 2.05) is 29.2 Å². The van der Waals surface area contributed by atoms with Crippen LogP contribution in [0.5, 0.6) is 0 Å². The van der Waals surface area contributed by atoms with Crippen LogP contribution >= 0.6 is 0 Å². The molecule has 2 aliphatic rings. The third kappa shape index (κ3) is 6.10. The Labute approximate surface area is 196 Å². The highest BCUT2D eigenvalue weighted by Crippen LogP contribution is 2.29. The van der Waals surface area contributed by atoms with Gasteiger partial charge in [0.2, 0.25) is 0 Å². The van der Waals surface area contributed by atoms with Crippen LogP contribution in [0, 0.1) is 0 Å².